The largest absolute Gasteiger partial charge is 0.504 e. The van der Waals surface area contributed by atoms with Crippen molar-refractivity contribution in [2.75, 3.05) is 7.11 Å². The first-order chi connectivity index (χ1) is 9.50. The summed E-state index contributed by atoms with van der Waals surface area (Å²) in [6.45, 7) is 8.80. The zero-order valence-electron chi connectivity index (χ0n) is 12.9. The van der Waals surface area contributed by atoms with E-state index in [1.165, 1.54) is 36.8 Å². The molecule has 110 valence electrons. The quantitative estimate of drug-likeness (QED) is 0.780. The number of allylic oxidation sites excluding steroid dienone is 1. The molecule has 0 unspecified atom stereocenters. The minimum Gasteiger partial charge on any atom is -0.504 e. The molecule has 0 spiro atoms. The van der Waals surface area contributed by atoms with Crippen LogP contribution < -0.4 is 4.74 Å². The summed E-state index contributed by atoms with van der Waals surface area (Å²) in [5, 5.41) is 9.68. The molecule has 0 aromatic heterocycles. The molecule has 0 heterocycles. The van der Waals surface area contributed by atoms with Gasteiger partial charge in [-0.3, -0.25) is 0 Å². The van der Waals surface area contributed by atoms with Gasteiger partial charge in [-0.05, 0) is 61.1 Å². The lowest BCUT2D eigenvalue weighted by atomic mass is 9.66. The van der Waals surface area contributed by atoms with Crippen molar-refractivity contribution in [3.05, 3.63) is 35.9 Å². The second-order valence-electron chi connectivity index (χ2n) is 6.22. The van der Waals surface area contributed by atoms with Crippen molar-refractivity contribution < 1.29 is 9.84 Å². The fourth-order valence-corrected chi connectivity index (χ4v) is 3.32. The second-order valence-corrected chi connectivity index (χ2v) is 6.22. The lowest BCUT2D eigenvalue weighted by Crippen LogP contribution is -2.25. The van der Waals surface area contributed by atoms with Crippen molar-refractivity contribution in [1.29, 1.82) is 0 Å². The van der Waals surface area contributed by atoms with Crippen molar-refractivity contribution in [3.8, 4) is 11.5 Å². The van der Waals surface area contributed by atoms with Gasteiger partial charge in [-0.15, -0.1) is 0 Å². The van der Waals surface area contributed by atoms with Crippen LogP contribution in [0.15, 0.2) is 30.4 Å². The van der Waals surface area contributed by atoms with E-state index in [0.29, 0.717) is 17.1 Å². The summed E-state index contributed by atoms with van der Waals surface area (Å²) in [6.07, 6.45) is 5.85. The number of phenols is 1. The summed E-state index contributed by atoms with van der Waals surface area (Å²) >= 11 is 0. The number of ether oxygens (including phenoxy) is 1. The second kappa shape index (κ2) is 5.90. The van der Waals surface area contributed by atoms with E-state index in [2.05, 4.69) is 20.4 Å². The Hall–Kier alpha value is -1.44. The van der Waals surface area contributed by atoms with Crippen LogP contribution in [0.5, 0.6) is 11.5 Å². The fourth-order valence-electron chi connectivity index (χ4n) is 3.32. The van der Waals surface area contributed by atoms with Crippen LogP contribution in [0.4, 0.5) is 0 Å². The number of hydrogen-bond acceptors (Lipinski definition) is 2. The first-order valence-electron chi connectivity index (χ1n) is 7.55. The van der Waals surface area contributed by atoms with Crippen LogP contribution in [0.1, 0.15) is 57.4 Å². The normalized spacial score (nSPS) is 26.2. The van der Waals surface area contributed by atoms with Gasteiger partial charge in [0.05, 0.1) is 7.11 Å². The molecule has 0 atom stereocenters. The highest BCUT2D eigenvalue weighted by molar-refractivity contribution is 5.43. The predicted molar refractivity (Wildman–Crippen MR) is 83.4 cm³/mol. The predicted octanol–water partition coefficient (Wildman–Crippen LogP) is 5.03. The van der Waals surface area contributed by atoms with E-state index in [-0.39, 0.29) is 5.75 Å². The first-order valence-corrected chi connectivity index (χ1v) is 7.55. The molecular weight excluding hydrogens is 248 g/mol. The maximum atomic E-state index is 9.68. The van der Waals surface area contributed by atoms with Crippen LogP contribution in [0.25, 0.3) is 0 Å². The number of rotatable bonds is 4. The third kappa shape index (κ3) is 2.84. The minimum absolute atomic E-state index is 0.219. The molecule has 0 radical (unpaired) electrons. The van der Waals surface area contributed by atoms with Crippen molar-refractivity contribution in [2.45, 2.75) is 51.9 Å². The van der Waals surface area contributed by atoms with Gasteiger partial charge in [-0.2, -0.15) is 0 Å². The molecular formula is C18H26O2. The summed E-state index contributed by atoms with van der Waals surface area (Å²) in [4.78, 5) is 0. The zero-order chi connectivity index (χ0) is 14.8. The Kier molecular flexibility index (Phi) is 4.42. The van der Waals surface area contributed by atoms with Gasteiger partial charge in [-0.1, -0.05) is 32.1 Å². The maximum Gasteiger partial charge on any atom is 0.160 e. The molecule has 1 aliphatic rings. The van der Waals surface area contributed by atoms with Crippen molar-refractivity contribution >= 4 is 0 Å². The van der Waals surface area contributed by atoms with Crippen LogP contribution in [0.2, 0.25) is 0 Å². The Balaban J connectivity index is 2.09. The van der Waals surface area contributed by atoms with Crippen molar-refractivity contribution in [3.63, 3.8) is 0 Å². The molecule has 2 nitrogen and oxygen atoms in total. The van der Waals surface area contributed by atoms with E-state index < -0.39 is 0 Å². The van der Waals surface area contributed by atoms with E-state index in [9.17, 15) is 5.11 Å². The van der Waals surface area contributed by atoms with Gasteiger partial charge in [0.1, 0.15) is 0 Å². The summed E-state index contributed by atoms with van der Waals surface area (Å²) in [6, 6.07) is 5.75. The van der Waals surface area contributed by atoms with Gasteiger partial charge in [-0.25, -0.2) is 0 Å². The molecule has 1 aromatic rings. The van der Waals surface area contributed by atoms with Crippen LogP contribution in [0.3, 0.4) is 0 Å². The van der Waals surface area contributed by atoms with Crippen LogP contribution in [0, 0.1) is 5.41 Å². The monoisotopic (exact) mass is 274 g/mol. The highest BCUT2D eigenvalue weighted by Crippen LogP contribution is 2.48. The van der Waals surface area contributed by atoms with Crippen LogP contribution in [-0.4, -0.2) is 12.2 Å². The van der Waals surface area contributed by atoms with Gasteiger partial charge in [0.2, 0.25) is 0 Å². The van der Waals surface area contributed by atoms with Crippen molar-refractivity contribution in [1.82, 2.24) is 0 Å². The summed E-state index contributed by atoms with van der Waals surface area (Å²) in [5.41, 5.74) is 2.98. The number of phenolic OH excluding ortho intramolecular Hbond substituents is 1. The molecule has 0 bridgehead atoms. The van der Waals surface area contributed by atoms with Crippen LogP contribution >= 0.6 is 0 Å². The third-order valence-corrected chi connectivity index (χ3v) is 5.04. The van der Waals surface area contributed by atoms with Gasteiger partial charge < -0.3 is 9.84 Å². The van der Waals surface area contributed by atoms with Gasteiger partial charge in [0.15, 0.2) is 11.5 Å². The number of benzene rings is 1. The molecule has 2 heteroatoms. The van der Waals surface area contributed by atoms with Gasteiger partial charge in [0, 0.05) is 0 Å². The molecule has 0 amide bonds. The molecule has 0 saturated heterocycles. The summed E-state index contributed by atoms with van der Waals surface area (Å²) < 4.78 is 5.21. The van der Waals surface area contributed by atoms with E-state index in [1.54, 1.807) is 13.2 Å². The molecule has 1 aliphatic carbocycles. The highest BCUT2D eigenvalue weighted by atomic mass is 16.5. The average molecular weight is 274 g/mol. The molecule has 1 N–H and O–H groups in total. The van der Waals surface area contributed by atoms with Crippen molar-refractivity contribution in [2.24, 2.45) is 5.41 Å². The minimum atomic E-state index is 0.219. The summed E-state index contributed by atoms with van der Waals surface area (Å²) in [5.74, 6) is 1.37. The fraction of sp³-hybridized carbons (Fsp3) is 0.556. The Labute approximate surface area is 122 Å². The average Bonchev–Trinajstić information content (AvgIpc) is 2.48. The van der Waals surface area contributed by atoms with E-state index in [4.69, 9.17) is 4.74 Å². The summed E-state index contributed by atoms with van der Waals surface area (Å²) in [7, 11) is 1.60. The number of methoxy groups -OCH3 is 1. The SMILES string of the molecule is C=C(CC)C1(C)CCC(c2ccc(O)c(OC)c2)CC1. The molecule has 1 fully saturated rings. The molecule has 1 aromatic carbocycles. The molecule has 0 aliphatic heterocycles. The zero-order valence-corrected chi connectivity index (χ0v) is 12.9. The number of hydrogen-bond donors (Lipinski definition) is 1. The van der Waals surface area contributed by atoms with Gasteiger partial charge >= 0.3 is 0 Å². The number of aromatic hydroxyl groups is 1. The molecule has 2 rings (SSSR count). The first kappa shape index (κ1) is 15.0. The Morgan fingerprint density at radius 2 is 2.05 bits per heavy atom. The topological polar surface area (TPSA) is 29.5 Å². The van der Waals surface area contributed by atoms with E-state index in [1.807, 2.05) is 12.1 Å². The Bertz CT molecular complexity index is 482. The lowest BCUT2D eigenvalue weighted by Gasteiger charge is -2.39. The third-order valence-electron chi connectivity index (χ3n) is 5.04. The van der Waals surface area contributed by atoms with E-state index >= 15 is 0 Å². The highest BCUT2D eigenvalue weighted by Gasteiger charge is 2.33. The maximum absolute atomic E-state index is 9.68. The smallest absolute Gasteiger partial charge is 0.160 e. The standard InChI is InChI=1S/C18H26O2/c1-5-13(2)18(3)10-8-14(9-11-18)15-6-7-16(19)17(12-15)20-4/h6-7,12,14,19H,2,5,8-11H2,1,3-4H3. The van der Waals surface area contributed by atoms with Crippen LogP contribution in [-0.2, 0) is 0 Å². The van der Waals surface area contributed by atoms with Gasteiger partial charge in [0.25, 0.3) is 0 Å². The Morgan fingerprint density at radius 1 is 1.40 bits per heavy atom. The Morgan fingerprint density at radius 3 is 2.60 bits per heavy atom. The molecule has 20 heavy (non-hydrogen) atoms. The molecule has 1 saturated carbocycles. The van der Waals surface area contributed by atoms with E-state index in [0.717, 1.165) is 6.42 Å². The lowest BCUT2D eigenvalue weighted by molar-refractivity contribution is 0.240.